The number of pyridine rings is 1. The SMILES string of the molecule is C=C(C)CCc1c(OC)cc(C=Cc2ncccc2OC)c(C(=O)O)c1O. The highest BCUT2D eigenvalue weighted by atomic mass is 16.5. The van der Waals surface area contributed by atoms with E-state index in [1.807, 2.05) is 6.92 Å². The molecule has 1 heterocycles. The Morgan fingerprint density at radius 1 is 1.26 bits per heavy atom. The lowest BCUT2D eigenvalue weighted by Crippen LogP contribution is -2.05. The zero-order chi connectivity index (χ0) is 20.0. The molecule has 0 aliphatic heterocycles. The van der Waals surface area contributed by atoms with Gasteiger partial charge in [0.1, 0.15) is 28.5 Å². The minimum Gasteiger partial charge on any atom is -0.507 e. The molecule has 0 aliphatic carbocycles. The largest absolute Gasteiger partial charge is 0.507 e. The first kappa shape index (κ1) is 20.0. The zero-order valence-corrected chi connectivity index (χ0v) is 15.7. The van der Waals surface area contributed by atoms with E-state index >= 15 is 0 Å². The first-order chi connectivity index (χ1) is 12.9. The van der Waals surface area contributed by atoms with E-state index in [2.05, 4.69) is 11.6 Å². The summed E-state index contributed by atoms with van der Waals surface area (Å²) in [5.74, 6) is -0.540. The summed E-state index contributed by atoms with van der Waals surface area (Å²) in [6.45, 7) is 5.72. The lowest BCUT2D eigenvalue weighted by Gasteiger charge is -2.15. The number of phenols is 1. The molecule has 0 atom stereocenters. The number of ether oxygens (including phenoxy) is 2. The molecule has 0 spiro atoms. The number of allylic oxidation sites excluding steroid dienone is 1. The molecular weight excluding hydrogens is 346 g/mol. The smallest absolute Gasteiger partial charge is 0.340 e. The summed E-state index contributed by atoms with van der Waals surface area (Å²) in [7, 11) is 3.01. The van der Waals surface area contributed by atoms with E-state index in [1.165, 1.54) is 14.2 Å². The molecule has 0 aliphatic rings. The van der Waals surface area contributed by atoms with Gasteiger partial charge in [0.15, 0.2) is 0 Å². The molecule has 1 aromatic carbocycles. The molecule has 0 amide bonds. The summed E-state index contributed by atoms with van der Waals surface area (Å²) in [6.07, 6.45) is 5.86. The van der Waals surface area contributed by atoms with Gasteiger partial charge in [0.25, 0.3) is 0 Å². The molecule has 2 aromatic rings. The Labute approximate surface area is 158 Å². The summed E-state index contributed by atoms with van der Waals surface area (Å²) < 4.78 is 10.6. The maximum Gasteiger partial charge on any atom is 0.340 e. The van der Waals surface area contributed by atoms with Crippen molar-refractivity contribution in [2.75, 3.05) is 14.2 Å². The predicted octanol–water partition coefficient (Wildman–Crippen LogP) is 4.18. The number of aromatic hydroxyl groups is 1. The first-order valence-electron chi connectivity index (χ1n) is 8.36. The van der Waals surface area contributed by atoms with Crippen molar-refractivity contribution in [2.24, 2.45) is 0 Å². The van der Waals surface area contributed by atoms with Gasteiger partial charge < -0.3 is 19.7 Å². The van der Waals surface area contributed by atoms with Crippen LogP contribution in [0.3, 0.4) is 0 Å². The third-order valence-corrected chi connectivity index (χ3v) is 4.07. The number of aromatic carboxylic acids is 1. The number of carboxylic acids is 1. The average Bonchev–Trinajstić information content (AvgIpc) is 2.64. The van der Waals surface area contributed by atoms with Crippen molar-refractivity contribution in [3.05, 3.63) is 58.9 Å². The number of methoxy groups -OCH3 is 2. The average molecular weight is 369 g/mol. The second kappa shape index (κ2) is 8.89. The van der Waals surface area contributed by atoms with Gasteiger partial charge in [-0.3, -0.25) is 4.98 Å². The number of rotatable bonds is 8. The third-order valence-electron chi connectivity index (χ3n) is 4.07. The summed E-state index contributed by atoms with van der Waals surface area (Å²) in [6, 6.07) is 5.09. The van der Waals surface area contributed by atoms with Crippen LogP contribution in [0, 0.1) is 0 Å². The molecule has 6 nitrogen and oxygen atoms in total. The molecule has 0 bridgehead atoms. The van der Waals surface area contributed by atoms with Gasteiger partial charge in [0.2, 0.25) is 0 Å². The number of nitrogens with zero attached hydrogens (tertiary/aromatic N) is 1. The van der Waals surface area contributed by atoms with Gasteiger partial charge >= 0.3 is 5.97 Å². The number of hydrogen-bond donors (Lipinski definition) is 2. The zero-order valence-electron chi connectivity index (χ0n) is 15.7. The maximum atomic E-state index is 11.8. The lowest BCUT2D eigenvalue weighted by molar-refractivity contribution is 0.0693. The van der Waals surface area contributed by atoms with Crippen molar-refractivity contribution in [3.63, 3.8) is 0 Å². The Balaban J connectivity index is 2.55. The Bertz CT molecular complexity index is 886. The summed E-state index contributed by atoms with van der Waals surface area (Å²) in [4.78, 5) is 16.0. The molecule has 0 unspecified atom stereocenters. The van der Waals surface area contributed by atoms with Gasteiger partial charge in [-0.25, -0.2) is 4.79 Å². The van der Waals surface area contributed by atoms with Crippen molar-refractivity contribution in [1.29, 1.82) is 0 Å². The van der Waals surface area contributed by atoms with Crippen LogP contribution in [0.15, 0.2) is 36.5 Å². The Morgan fingerprint density at radius 3 is 2.56 bits per heavy atom. The number of hydrogen-bond acceptors (Lipinski definition) is 5. The lowest BCUT2D eigenvalue weighted by atomic mass is 9.96. The van der Waals surface area contributed by atoms with Crippen LogP contribution in [0.25, 0.3) is 12.2 Å². The predicted molar refractivity (Wildman–Crippen MR) is 104 cm³/mol. The van der Waals surface area contributed by atoms with Gasteiger partial charge in [-0.05, 0) is 49.6 Å². The van der Waals surface area contributed by atoms with Crippen molar-refractivity contribution < 1.29 is 24.5 Å². The molecule has 2 N–H and O–H groups in total. The highest BCUT2D eigenvalue weighted by Crippen LogP contribution is 2.37. The molecule has 0 saturated heterocycles. The highest BCUT2D eigenvalue weighted by Gasteiger charge is 2.22. The van der Waals surface area contributed by atoms with Crippen LogP contribution in [-0.2, 0) is 6.42 Å². The van der Waals surface area contributed by atoms with E-state index in [1.54, 1.807) is 36.5 Å². The molecule has 0 radical (unpaired) electrons. The van der Waals surface area contributed by atoms with Gasteiger partial charge in [-0.1, -0.05) is 11.6 Å². The van der Waals surface area contributed by atoms with Crippen LogP contribution in [0.5, 0.6) is 17.2 Å². The van der Waals surface area contributed by atoms with Gasteiger partial charge in [0.05, 0.1) is 14.2 Å². The van der Waals surface area contributed by atoms with E-state index in [9.17, 15) is 15.0 Å². The number of aromatic nitrogens is 1. The van der Waals surface area contributed by atoms with E-state index in [-0.39, 0.29) is 11.3 Å². The first-order valence-corrected chi connectivity index (χ1v) is 8.36. The monoisotopic (exact) mass is 369 g/mol. The van der Waals surface area contributed by atoms with Crippen LogP contribution < -0.4 is 9.47 Å². The maximum absolute atomic E-state index is 11.8. The third kappa shape index (κ3) is 4.67. The summed E-state index contributed by atoms with van der Waals surface area (Å²) in [5.41, 5.74) is 2.05. The van der Waals surface area contributed by atoms with Crippen molar-refractivity contribution in [3.8, 4) is 17.2 Å². The second-order valence-electron chi connectivity index (χ2n) is 6.06. The Kier molecular flexibility index (Phi) is 6.60. The minimum absolute atomic E-state index is 0.182. The minimum atomic E-state index is -1.22. The van der Waals surface area contributed by atoms with Crippen LogP contribution in [-0.4, -0.2) is 35.4 Å². The van der Waals surface area contributed by atoms with Crippen molar-refractivity contribution in [1.82, 2.24) is 4.98 Å². The molecule has 6 heteroatoms. The highest BCUT2D eigenvalue weighted by molar-refractivity contribution is 5.97. The molecule has 2 rings (SSSR count). The van der Waals surface area contributed by atoms with Gasteiger partial charge in [-0.15, -0.1) is 6.58 Å². The Morgan fingerprint density at radius 2 is 1.96 bits per heavy atom. The quantitative estimate of drug-likeness (QED) is 0.679. The van der Waals surface area contributed by atoms with Crippen LogP contribution in [0.4, 0.5) is 0 Å². The van der Waals surface area contributed by atoms with Crippen LogP contribution in [0.1, 0.15) is 40.5 Å². The molecule has 27 heavy (non-hydrogen) atoms. The number of carboxylic acid groups (broad SMARTS) is 1. The molecule has 142 valence electrons. The molecule has 0 saturated carbocycles. The fourth-order valence-corrected chi connectivity index (χ4v) is 2.69. The molecule has 0 fully saturated rings. The molecule has 1 aromatic heterocycles. The van der Waals surface area contributed by atoms with Crippen molar-refractivity contribution in [2.45, 2.75) is 19.8 Å². The number of carbonyl (C=O) groups is 1. The van der Waals surface area contributed by atoms with Crippen LogP contribution >= 0.6 is 0 Å². The van der Waals surface area contributed by atoms with Gasteiger partial charge in [-0.2, -0.15) is 0 Å². The second-order valence-corrected chi connectivity index (χ2v) is 6.06. The Hall–Kier alpha value is -3.28. The van der Waals surface area contributed by atoms with E-state index < -0.39 is 5.97 Å². The fraction of sp³-hybridized carbons (Fsp3) is 0.238. The standard InChI is InChI=1S/C21H23NO5/c1-13(2)7-9-15-18(27-4)12-14(19(20(15)23)21(24)25)8-10-16-17(26-3)6-5-11-22-16/h5-6,8,10-12,23H,1,7,9H2,2-4H3,(H,24,25). The number of benzene rings is 1. The van der Waals surface area contributed by atoms with Crippen molar-refractivity contribution >= 4 is 18.1 Å². The van der Waals surface area contributed by atoms with E-state index in [4.69, 9.17) is 9.47 Å². The topological polar surface area (TPSA) is 88.9 Å². The summed E-state index contributed by atoms with van der Waals surface area (Å²) in [5, 5.41) is 20.2. The van der Waals surface area contributed by atoms with Gasteiger partial charge in [0, 0.05) is 11.8 Å². The van der Waals surface area contributed by atoms with Crippen LogP contribution in [0.2, 0.25) is 0 Å². The fourth-order valence-electron chi connectivity index (χ4n) is 2.69. The van der Waals surface area contributed by atoms with E-state index in [0.717, 1.165) is 5.57 Å². The summed E-state index contributed by atoms with van der Waals surface area (Å²) >= 11 is 0. The van der Waals surface area contributed by atoms with E-state index in [0.29, 0.717) is 41.2 Å². The normalized spacial score (nSPS) is 10.8. The molecular formula is C21H23NO5.